The van der Waals surface area contributed by atoms with Gasteiger partial charge >= 0.3 is 6.18 Å². The molecule has 0 radical (unpaired) electrons. The van der Waals surface area contributed by atoms with Gasteiger partial charge in [-0.15, -0.1) is 10.2 Å². The number of nitrogens with zero attached hydrogens (tertiary/aromatic N) is 3. The van der Waals surface area contributed by atoms with Crippen LogP contribution < -0.4 is 11.2 Å². The maximum absolute atomic E-state index is 12.6. The molecule has 2 rings (SSSR count). The van der Waals surface area contributed by atoms with Crippen LogP contribution in [0.1, 0.15) is 25.2 Å². The first-order chi connectivity index (χ1) is 11.2. The molecule has 0 saturated heterocycles. The summed E-state index contributed by atoms with van der Waals surface area (Å²) in [5, 5.41) is 8.19. The molecule has 1 atom stereocenters. The minimum atomic E-state index is -4.70. The molecule has 10 heteroatoms. The normalized spacial score (nSPS) is 12.9. The molecule has 0 spiro atoms. The molecule has 0 saturated carbocycles. The number of alkyl halides is 3. The van der Waals surface area contributed by atoms with E-state index in [1.54, 1.807) is 19.1 Å². The third kappa shape index (κ3) is 4.19. The predicted molar refractivity (Wildman–Crippen MR) is 84.9 cm³/mol. The molecule has 3 N–H and O–H groups in total. The number of aromatic nitrogens is 3. The van der Waals surface area contributed by atoms with Crippen LogP contribution in [-0.2, 0) is 17.4 Å². The van der Waals surface area contributed by atoms with Crippen LogP contribution in [-0.4, -0.2) is 26.0 Å². The Morgan fingerprint density at radius 1 is 1.33 bits per heavy atom. The number of nitrogens with two attached hydrogens (primary N) is 1. The largest absolute Gasteiger partial charge is 0.453 e. The average Bonchev–Trinajstić information content (AvgIpc) is 2.89. The molecule has 0 aliphatic carbocycles. The molecule has 2 aromatic rings. The van der Waals surface area contributed by atoms with E-state index in [-0.39, 0.29) is 11.1 Å². The Morgan fingerprint density at radius 2 is 1.96 bits per heavy atom. The second-order valence-corrected chi connectivity index (χ2v) is 6.28. The monoisotopic (exact) mass is 359 g/mol. The molecule has 1 amide bonds. The molecule has 24 heavy (non-hydrogen) atoms. The van der Waals surface area contributed by atoms with Gasteiger partial charge in [-0.2, -0.15) is 13.2 Å². The first-order valence-corrected chi connectivity index (χ1v) is 7.94. The van der Waals surface area contributed by atoms with Gasteiger partial charge in [-0.3, -0.25) is 4.79 Å². The zero-order chi connectivity index (χ0) is 17.9. The number of carbonyl (C=O) groups excluding carboxylic acids is 1. The molecule has 1 aromatic heterocycles. The summed E-state index contributed by atoms with van der Waals surface area (Å²) in [6.45, 7) is 3.56. The van der Waals surface area contributed by atoms with E-state index < -0.39 is 17.3 Å². The third-order valence-corrected chi connectivity index (χ3v) is 4.26. The van der Waals surface area contributed by atoms with E-state index in [0.717, 1.165) is 23.7 Å². The number of benzene rings is 1. The molecular weight excluding hydrogens is 343 g/mol. The molecule has 0 aliphatic rings. The molecule has 0 fully saturated rings. The fourth-order valence-electron chi connectivity index (χ4n) is 1.83. The van der Waals surface area contributed by atoms with E-state index in [9.17, 15) is 18.0 Å². The van der Waals surface area contributed by atoms with Crippen molar-refractivity contribution in [3.05, 3.63) is 35.7 Å². The van der Waals surface area contributed by atoms with Gasteiger partial charge in [0.1, 0.15) is 0 Å². The van der Waals surface area contributed by atoms with Crippen molar-refractivity contribution in [3.8, 4) is 0 Å². The van der Waals surface area contributed by atoms with E-state index in [0.29, 0.717) is 10.4 Å². The van der Waals surface area contributed by atoms with Crippen molar-refractivity contribution >= 4 is 23.4 Å². The summed E-state index contributed by atoms with van der Waals surface area (Å²) in [5.41, 5.74) is 1.74. The van der Waals surface area contributed by atoms with Crippen LogP contribution in [0.4, 0.5) is 18.9 Å². The maximum atomic E-state index is 12.6. The number of aryl methyl sites for hydroxylation is 1. The number of anilines is 1. The topological polar surface area (TPSA) is 85.8 Å². The van der Waals surface area contributed by atoms with Crippen LogP contribution in [0.5, 0.6) is 0 Å². The van der Waals surface area contributed by atoms with Crippen molar-refractivity contribution < 1.29 is 18.0 Å². The van der Waals surface area contributed by atoms with Gasteiger partial charge in [0.15, 0.2) is 0 Å². The fourth-order valence-corrected chi connectivity index (χ4v) is 2.60. The number of rotatable bonds is 5. The predicted octanol–water partition coefficient (Wildman–Crippen LogP) is 2.69. The number of thioether (sulfide) groups is 1. The second-order valence-electron chi connectivity index (χ2n) is 4.97. The average molecular weight is 359 g/mol. The van der Waals surface area contributed by atoms with Crippen molar-refractivity contribution in [2.75, 3.05) is 11.2 Å². The zero-order valence-corrected chi connectivity index (χ0v) is 13.8. The van der Waals surface area contributed by atoms with Crippen LogP contribution in [0.15, 0.2) is 29.4 Å². The lowest BCUT2D eigenvalue weighted by Crippen LogP contribution is -2.25. The van der Waals surface area contributed by atoms with Crippen molar-refractivity contribution in [2.45, 2.75) is 36.9 Å². The standard InChI is InChI=1S/C14H16F3N5OS/c1-3-9-4-6-10(7-5-9)19-11(23)8(2)24-13-21-20-12(22(13)18)14(15,16)17/h4-8H,3,18H2,1-2H3,(H,19,23). The Morgan fingerprint density at radius 3 is 2.46 bits per heavy atom. The molecule has 0 aliphatic heterocycles. The van der Waals surface area contributed by atoms with Crippen molar-refractivity contribution in [1.29, 1.82) is 0 Å². The Bertz CT molecular complexity index is 714. The summed E-state index contributed by atoms with van der Waals surface area (Å²) in [7, 11) is 0. The number of hydrogen-bond acceptors (Lipinski definition) is 5. The Kier molecular flexibility index (Phi) is 5.37. The summed E-state index contributed by atoms with van der Waals surface area (Å²) in [6, 6.07) is 7.31. The minimum absolute atomic E-state index is 0.189. The highest BCUT2D eigenvalue weighted by Gasteiger charge is 2.38. The number of amides is 1. The summed E-state index contributed by atoms with van der Waals surface area (Å²) in [4.78, 5) is 12.1. The number of halogens is 3. The van der Waals surface area contributed by atoms with E-state index in [4.69, 9.17) is 5.84 Å². The van der Waals surface area contributed by atoms with Crippen LogP contribution >= 0.6 is 11.8 Å². The molecule has 1 aromatic carbocycles. The van der Waals surface area contributed by atoms with E-state index in [2.05, 4.69) is 15.5 Å². The smallest absolute Gasteiger partial charge is 0.335 e. The summed E-state index contributed by atoms with van der Waals surface area (Å²) in [5.74, 6) is 3.66. The molecule has 1 heterocycles. The first kappa shape index (κ1) is 18.1. The van der Waals surface area contributed by atoms with Crippen LogP contribution in [0, 0.1) is 0 Å². The van der Waals surface area contributed by atoms with Gasteiger partial charge in [-0.1, -0.05) is 30.8 Å². The van der Waals surface area contributed by atoms with Gasteiger partial charge in [-0.05, 0) is 31.0 Å². The first-order valence-electron chi connectivity index (χ1n) is 7.06. The van der Waals surface area contributed by atoms with Gasteiger partial charge < -0.3 is 11.2 Å². The van der Waals surface area contributed by atoms with Gasteiger partial charge in [-0.25, -0.2) is 4.68 Å². The zero-order valence-electron chi connectivity index (χ0n) is 13.0. The lowest BCUT2D eigenvalue weighted by atomic mass is 10.1. The van der Waals surface area contributed by atoms with Gasteiger partial charge in [0, 0.05) is 5.69 Å². The summed E-state index contributed by atoms with van der Waals surface area (Å²) in [6.07, 6.45) is -3.82. The number of carbonyl (C=O) groups is 1. The van der Waals surface area contributed by atoms with Gasteiger partial charge in [0.2, 0.25) is 11.1 Å². The lowest BCUT2D eigenvalue weighted by molar-refractivity contribution is -0.146. The lowest BCUT2D eigenvalue weighted by Gasteiger charge is -2.12. The quantitative estimate of drug-likeness (QED) is 0.633. The molecule has 0 bridgehead atoms. The molecule has 6 nitrogen and oxygen atoms in total. The third-order valence-electron chi connectivity index (χ3n) is 3.20. The van der Waals surface area contributed by atoms with Crippen LogP contribution in [0.2, 0.25) is 0 Å². The highest BCUT2D eigenvalue weighted by atomic mass is 32.2. The Hall–Kier alpha value is -2.23. The minimum Gasteiger partial charge on any atom is -0.335 e. The van der Waals surface area contributed by atoms with Gasteiger partial charge in [0.05, 0.1) is 5.25 Å². The highest BCUT2D eigenvalue weighted by Crippen LogP contribution is 2.30. The summed E-state index contributed by atoms with van der Waals surface area (Å²) < 4.78 is 38.2. The number of nitrogens with one attached hydrogen (secondary N) is 1. The van der Waals surface area contributed by atoms with Crippen LogP contribution in [0.3, 0.4) is 0 Å². The fraction of sp³-hybridized carbons (Fsp3) is 0.357. The van der Waals surface area contributed by atoms with Crippen LogP contribution in [0.25, 0.3) is 0 Å². The number of hydrogen-bond donors (Lipinski definition) is 2. The summed E-state index contributed by atoms with van der Waals surface area (Å²) >= 11 is 0.794. The SMILES string of the molecule is CCc1ccc(NC(=O)C(C)Sc2nnc(C(F)(F)F)n2N)cc1. The molecular formula is C14H16F3N5OS. The second kappa shape index (κ2) is 7.12. The molecule has 130 valence electrons. The Labute approximate surface area is 140 Å². The van der Waals surface area contributed by atoms with Crippen molar-refractivity contribution in [3.63, 3.8) is 0 Å². The maximum Gasteiger partial charge on any atom is 0.453 e. The van der Waals surface area contributed by atoms with Crippen molar-refractivity contribution in [1.82, 2.24) is 14.9 Å². The van der Waals surface area contributed by atoms with E-state index in [1.807, 2.05) is 19.1 Å². The van der Waals surface area contributed by atoms with Crippen molar-refractivity contribution in [2.24, 2.45) is 0 Å². The van der Waals surface area contributed by atoms with E-state index >= 15 is 0 Å². The Balaban J connectivity index is 2.02. The molecule has 1 unspecified atom stereocenters. The van der Waals surface area contributed by atoms with E-state index in [1.165, 1.54) is 0 Å². The van der Waals surface area contributed by atoms with Gasteiger partial charge in [0.25, 0.3) is 5.82 Å². The number of nitrogen functional groups attached to an aromatic ring is 1. The highest BCUT2D eigenvalue weighted by molar-refractivity contribution is 8.00.